The average Bonchev–Trinajstić information content (AvgIpc) is 3.14. The Kier molecular flexibility index (Phi) is 5.57. The molecule has 0 atom stereocenters. The van der Waals surface area contributed by atoms with Crippen molar-refractivity contribution in [3.8, 4) is 16.9 Å². The number of aromatic amines is 1. The second kappa shape index (κ2) is 8.50. The second-order valence-electron chi connectivity index (χ2n) is 8.33. The van der Waals surface area contributed by atoms with Gasteiger partial charge in [-0.15, -0.1) is 0 Å². The summed E-state index contributed by atoms with van der Waals surface area (Å²) in [6.07, 6.45) is 3.18. The van der Waals surface area contributed by atoms with Gasteiger partial charge in [0.1, 0.15) is 18.0 Å². The van der Waals surface area contributed by atoms with Crippen LogP contribution in [0.1, 0.15) is 18.4 Å². The van der Waals surface area contributed by atoms with Gasteiger partial charge in [-0.05, 0) is 49.1 Å². The van der Waals surface area contributed by atoms with Gasteiger partial charge in [0.15, 0.2) is 0 Å². The molecule has 1 aliphatic rings. The van der Waals surface area contributed by atoms with Gasteiger partial charge < -0.3 is 14.8 Å². The highest BCUT2D eigenvalue weighted by Gasteiger charge is 2.18. The summed E-state index contributed by atoms with van der Waals surface area (Å²) in [4.78, 5) is 10.3. The second-order valence-corrected chi connectivity index (χ2v) is 8.76. The predicted molar refractivity (Wildman–Crippen MR) is 126 cm³/mol. The number of rotatable bonds is 5. The summed E-state index contributed by atoms with van der Waals surface area (Å²) in [5.74, 6) is 0.817. The molecule has 0 radical (unpaired) electrons. The fraction of sp³-hybridized carbons (Fsp3) is 0.320. The Hall–Kier alpha value is -2.60. The highest BCUT2D eigenvalue weighted by Crippen LogP contribution is 2.39. The number of nitrogens with one attached hydrogen (secondary N) is 1. The normalized spacial score (nSPS) is 15.7. The van der Waals surface area contributed by atoms with E-state index in [0.717, 1.165) is 71.3 Å². The first kappa shape index (κ1) is 20.3. The van der Waals surface area contributed by atoms with Gasteiger partial charge in [0, 0.05) is 36.6 Å². The van der Waals surface area contributed by atoms with E-state index in [2.05, 4.69) is 52.1 Å². The molecule has 0 unspecified atom stereocenters. The first-order chi connectivity index (χ1) is 15.1. The van der Waals surface area contributed by atoms with Crippen LogP contribution in [0.3, 0.4) is 0 Å². The molecule has 5 nitrogen and oxygen atoms in total. The average molecular weight is 436 g/mol. The number of ether oxygens (including phenoxy) is 1. The first-order valence-electron chi connectivity index (χ1n) is 10.8. The molecule has 1 fully saturated rings. The number of aliphatic hydroxyl groups is 1. The third kappa shape index (κ3) is 4.13. The van der Waals surface area contributed by atoms with Crippen LogP contribution in [0.2, 0.25) is 5.02 Å². The van der Waals surface area contributed by atoms with E-state index >= 15 is 0 Å². The van der Waals surface area contributed by atoms with Crippen molar-refractivity contribution in [3.63, 3.8) is 0 Å². The number of H-pyrrole nitrogens is 1. The number of aryl methyl sites for hydroxylation is 1. The Morgan fingerprint density at radius 1 is 1.19 bits per heavy atom. The zero-order valence-corrected chi connectivity index (χ0v) is 18.3. The number of benzene rings is 2. The molecule has 0 aliphatic carbocycles. The number of halogens is 1. The van der Waals surface area contributed by atoms with Gasteiger partial charge in [-0.1, -0.05) is 41.4 Å². The minimum atomic E-state index is -0.156. The Morgan fingerprint density at radius 2 is 2.03 bits per heavy atom. The van der Waals surface area contributed by atoms with Crippen LogP contribution in [-0.4, -0.2) is 52.3 Å². The molecule has 0 saturated carbocycles. The van der Waals surface area contributed by atoms with E-state index in [1.54, 1.807) is 6.20 Å². The number of aromatic nitrogens is 2. The van der Waals surface area contributed by atoms with E-state index in [0.29, 0.717) is 11.6 Å². The number of hydrogen-bond donors (Lipinski definition) is 2. The summed E-state index contributed by atoms with van der Waals surface area (Å²) < 4.78 is 6.23. The Morgan fingerprint density at radius 3 is 2.84 bits per heavy atom. The predicted octanol–water partition coefficient (Wildman–Crippen LogP) is 5.18. The van der Waals surface area contributed by atoms with Gasteiger partial charge in [0.05, 0.1) is 16.6 Å². The summed E-state index contributed by atoms with van der Waals surface area (Å²) in [5, 5.41) is 12.4. The molecule has 4 aromatic rings. The Labute approximate surface area is 186 Å². The molecule has 0 bridgehead atoms. The van der Waals surface area contributed by atoms with Gasteiger partial charge in [0.2, 0.25) is 0 Å². The van der Waals surface area contributed by atoms with Crippen LogP contribution in [0.4, 0.5) is 0 Å². The highest BCUT2D eigenvalue weighted by atomic mass is 35.5. The lowest BCUT2D eigenvalue weighted by Crippen LogP contribution is -2.38. The standard InChI is InChI=1S/C25H26ClN3O2/c1-16-3-2-4-17(13-16)20-5-6-22(31-12-11-29-9-7-19(30)8-10-29)24-23(20)21-14-18(26)15-27-25(21)28-24/h2-6,13-15,19,30H,7-12H2,1H3,(H,27,28). The summed E-state index contributed by atoms with van der Waals surface area (Å²) in [6, 6.07) is 14.6. The molecular formula is C25H26ClN3O2. The smallest absolute Gasteiger partial charge is 0.143 e. The Bertz CT molecular complexity index is 1230. The molecule has 2 aromatic carbocycles. The molecule has 5 rings (SSSR count). The number of pyridine rings is 1. The molecule has 2 aromatic heterocycles. The number of hydrogen-bond acceptors (Lipinski definition) is 4. The number of aliphatic hydroxyl groups excluding tert-OH is 1. The lowest BCUT2D eigenvalue weighted by molar-refractivity contribution is 0.0756. The van der Waals surface area contributed by atoms with E-state index in [1.807, 2.05) is 12.1 Å². The number of fused-ring (bicyclic) bond motifs is 3. The summed E-state index contributed by atoms with van der Waals surface area (Å²) in [5.41, 5.74) is 5.25. The molecule has 1 aliphatic heterocycles. The summed E-state index contributed by atoms with van der Waals surface area (Å²) >= 11 is 6.29. The van der Waals surface area contributed by atoms with E-state index < -0.39 is 0 Å². The number of piperidine rings is 1. The van der Waals surface area contributed by atoms with Crippen LogP contribution < -0.4 is 4.74 Å². The topological polar surface area (TPSA) is 61.4 Å². The van der Waals surface area contributed by atoms with Gasteiger partial charge in [-0.3, -0.25) is 4.90 Å². The van der Waals surface area contributed by atoms with E-state index in [4.69, 9.17) is 16.3 Å². The lowest BCUT2D eigenvalue weighted by atomic mass is 9.98. The molecule has 1 saturated heterocycles. The van der Waals surface area contributed by atoms with Crippen LogP contribution in [0, 0.1) is 6.92 Å². The molecule has 0 amide bonds. The maximum atomic E-state index is 9.70. The minimum absolute atomic E-state index is 0.156. The van der Waals surface area contributed by atoms with Crippen molar-refractivity contribution in [2.24, 2.45) is 0 Å². The first-order valence-corrected chi connectivity index (χ1v) is 11.2. The molecule has 3 heterocycles. The maximum absolute atomic E-state index is 9.70. The van der Waals surface area contributed by atoms with Crippen molar-refractivity contribution in [1.82, 2.24) is 14.9 Å². The van der Waals surface area contributed by atoms with Gasteiger partial charge in [-0.25, -0.2) is 4.98 Å². The van der Waals surface area contributed by atoms with Gasteiger partial charge in [0.25, 0.3) is 0 Å². The third-order valence-corrected chi connectivity index (χ3v) is 6.29. The zero-order chi connectivity index (χ0) is 21.4. The van der Waals surface area contributed by atoms with Crippen LogP contribution in [0.5, 0.6) is 5.75 Å². The third-order valence-electron chi connectivity index (χ3n) is 6.09. The van der Waals surface area contributed by atoms with Crippen molar-refractivity contribution < 1.29 is 9.84 Å². The molecule has 160 valence electrons. The van der Waals surface area contributed by atoms with Crippen molar-refractivity contribution in [2.75, 3.05) is 26.2 Å². The fourth-order valence-corrected chi connectivity index (χ4v) is 4.59. The summed E-state index contributed by atoms with van der Waals surface area (Å²) in [7, 11) is 0. The zero-order valence-electron chi connectivity index (χ0n) is 17.6. The van der Waals surface area contributed by atoms with Gasteiger partial charge in [-0.2, -0.15) is 0 Å². The van der Waals surface area contributed by atoms with Crippen molar-refractivity contribution in [2.45, 2.75) is 25.9 Å². The molecule has 0 spiro atoms. The SMILES string of the molecule is Cc1cccc(-c2ccc(OCCN3CCC(O)CC3)c3[nH]c4ncc(Cl)cc4c23)c1. The van der Waals surface area contributed by atoms with Crippen molar-refractivity contribution >= 4 is 33.5 Å². The molecular weight excluding hydrogens is 410 g/mol. The largest absolute Gasteiger partial charge is 0.490 e. The van der Waals surface area contributed by atoms with E-state index in [-0.39, 0.29) is 6.10 Å². The molecule has 6 heteroatoms. The fourth-order valence-electron chi connectivity index (χ4n) is 4.44. The van der Waals surface area contributed by atoms with Crippen molar-refractivity contribution in [1.29, 1.82) is 0 Å². The van der Waals surface area contributed by atoms with Crippen LogP contribution in [0.15, 0.2) is 48.7 Å². The molecule has 2 N–H and O–H groups in total. The lowest BCUT2D eigenvalue weighted by Gasteiger charge is -2.29. The Balaban J connectivity index is 1.51. The summed E-state index contributed by atoms with van der Waals surface area (Å²) in [6.45, 7) is 5.38. The van der Waals surface area contributed by atoms with E-state index in [9.17, 15) is 5.11 Å². The van der Waals surface area contributed by atoms with Crippen molar-refractivity contribution in [3.05, 3.63) is 59.2 Å². The van der Waals surface area contributed by atoms with Crippen LogP contribution in [0.25, 0.3) is 33.1 Å². The van der Waals surface area contributed by atoms with Gasteiger partial charge >= 0.3 is 0 Å². The number of nitrogens with zero attached hydrogens (tertiary/aromatic N) is 2. The number of likely N-dealkylation sites (tertiary alicyclic amines) is 1. The monoisotopic (exact) mass is 435 g/mol. The van der Waals surface area contributed by atoms with E-state index in [1.165, 1.54) is 5.56 Å². The maximum Gasteiger partial charge on any atom is 0.143 e. The van der Waals surface area contributed by atoms with Crippen LogP contribution in [-0.2, 0) is 0 Å². The highest BCUT2D eigenvalue weighted by molar-refractivity contribution is 6.31. The quantitative estimate of drug-likeness (QED) is 0.453. The minimum Gasteiger partial charge on any atom is -0.490 e. The molecule has 31 heavy (non-hydrogen) atoms. The van der Waals surface area contributed by atoms with Crippen LogP contribution >= 0.6 is 11.6 Å².